The number of carbonyl (C=O) groups is 3. The number of carbonyl (C=O) groups excluding carboxylic acids is 3. The summed E-state index contributed by atoms with van der Waals surface area (Å²) in [4.78, 5) is 53.3. The number of hydrogen-bond acceptors (Lipinski definition) is 11. The van der Waals surface area contributed by atoms with Crippen molar-refractivity contribution in [3.8, 4) is 5.75 Å². The first-order chi connectivity index (χ1) is 30.9. The number of aliphatic hydroxyl groups is 1. The van der Waals surface area contributed by atoms with Crippen molar-refractivity contribution in [3.05, 3.63) is 82.6 Å². The molecule has 2 bridgehead atoms. The Labute approximate surface area is 376 Å². The number of fused-ring (bicyclic) bond motifs is 6. The van der Waals surface area contributed by atoms with E-state index in [1.165, 1.54) is 19.6 Å². The number of benzene rings is 2. The summed E-state index contributed by atoms with van der Waals surface area (Å²) in [6.07, 6.45) is 11.9. The third-order valence-corrected chi connectivity index (χ3v) is 16.7. The molecular weight excluding hydrogens is 811 g/mol. The van der Waals surface area contributed by atoms with Crippen molar-refractivity contribution in [2.24, 2.45) is 11.3 Å². The van der Waals surface area contributed by atoms with Gasteiger partial charge in [0.1, 0.15) is 29.0 Å². The number of para-hydroxylation sites is 1. The van der Waals surface area contributed by atoms with Gasteiger partial charge in [0.15, 0.2) is 0 Å². The third kappa shape index (κ3) is 6.15. The van der Waals surface area contributed by atoms with Gasteiger partial charge in [-0.25, -0.2) is 4.79 Å². The summed E-state index contributed by atoms with van der Waals surface area (Å²) in [6.45, 7) is 9.51. The van der Waals surface area contributed by atoms with Gasteiger partial charge in [-0.05, 0) is 93.5 Å². The molecule has 7 aliphatic rings. The molecule has 1 amide bonds. The zero-order chi connectivity index (χ0) is 44.8. The molecule has 2 saturated carbocycles. The van der Waals surface area contributed by atoms with E-state index in [9.17, 15) is 14.7 Å². The van der Waals surface area contributed by atoms with Crippen LogP contribution >= 0.6 is 0 Å². The molecule has 2 aromatic carbocycles. The Morgan fingerprint density at radius 1 is 1.02 bits per heavy atom. The maximum absolute atomic E-state index is 15.4. The summed E-state index contributed by atoms with van der Waals surface area (Å²) in [5, 5.41) is 18.0. The molecule has 342 valence electrons. The van der Waals surface area contributed by atoms with Crippen LogP contribution < -0.4 is 15.0 Å². The molecule has 0 radical (unpaired) electrons. The topological polar surface area (TPSA) is 146 Å². The van der Waals surface area contributed by atoms with Crippen LogP contribution in [0.2, 0.25) is 0 Å². The summed E-state index contributed by atoms with van der Waals surface area (Å²) in [6, 6.07) is 11.7. The van der Waals surface area contributed by atoms with E-state index in [1.807, 2.05) is 13.1 Å². The van der Waals surface area contributed by atoms with Crippen LogP contribution in [0.5, 0.6) is 5.75 Å². The molecule has 10 rings (SSSR count). The second kappa shape index (κ2) is 15.9. The molecule has 5 aliphatic heterocycles. The Bertz CT molecular complexity index is 2420. The number of anilines is 1. The number of alkyl carbamates (subject to hydrolysis) is 1. The van der Waals surface area contributed by atoms with Crippen LogP contribution in [0, 0.1) is 11.3 Å². The lowest BCUT2D eigenvalue weighted by atomic mass is 9.47. The number of rotatable bonds is 9. The number of esters is 2. The largest absolute Gasteiger partial charge is 0.496 e. The smallest absolute Gasteiger partial charge is 0.407 e. The number of nitrogens with one attached hydrogen (secondary N) is 2. The first-order valence-electron chi connectivity index (χ1n) is 23.7. The normalized spacial score (nSPS) is 34.1. The Morgan fingerprint density at radius 2 is 1.81 bits per heavy atom. The summed E-state index contributed by atoms with van der Waals surface area (Å²) in [5.41, 5.74) is 2.11. The molecule has 2 aliphatic carbocycles. The standard InChI is InChI=1S/C51H65N5O8/c1-7-32-24-33-27-50(46(58)62-6,42-36(18-22-55(28-32)29-33)35-16-11-12-17-39(35)53-42)38-25-37-40(26-41(38)61-5)54(4)44-49(37)20-23-56-21-13-19-48(8-2,43(49)56)45(63-31(3)57)51(44,60)30-52-47(59)64-34-14-9-10-15-34/h11-13,16-17,19,24-26,33-34,43-45,53,60H,7-10,14-15,18,20-23,27-30H2,1-6H3,(H,52,59)/t33-,43-,44+,45+,48+,49+,50-,51-/m0/s1. The van der Waals surface area contributed by atoms with Crippen molar-refractivity contribution in [2.45, 2.75) is 119 Å². The Kier molecular flexibility index (Phi) is 10.7. The molecular formula is C51H65N5O8. The number of aromatic amines is 1. The van der Waals surface area contributed by atoms with Crippen molar-refractivity contribution in [2.75, 3.05) is 65.4 Å². The van der Waals surface area contributed by atoms with Crippen LogP contribution in [0.1, 0.15) is 94.5 Å². The Hall–Kier alpha value is -4.85. The minimum Gasteiger partial charge on any atom is -0.496 e. The molecule has 1 spiro atoms. The average molecular weight is 876 g/mol. The van der Waals surface area contributed by atoms with Crippen LogP contribution in [0.4, 0.5) is 10.5 Å². The van der Waals surface area contributed by atoms with Gasteiger partial charge in [-0.1, -0.05) is 55.8 Å². The highest BCUT2D eigenvalue weighted by molar-refractivity contribution is 5.94. The van der Waals surface area contributed by atoms with E-state index >= 15 is 4.79 Å². The Morgan fingerprint density at radius 3 is 2.55 bits per heavy atom. The van der Waals surface area contributed by atoms with E-state index in [4.69, 9.17) is 18.9 Å². The average Bonchev–Trinajstić information content (AvgIpc) is 4.10. The van der Waals surface area contributed by atoms with E-state index in [1.54, 1.807) is 7.11 Å². The fourth-order valence-electron chi connectivity index (χ4n) is 14.4. The number of nitrogens with zero attached hydrogens (tertiary/aromatic N) is 3. The number of ether oxygens (including phenoxy) is 4. The second-order valence-electron chi connectivity index (χ2n) is 19.8. The van der Waals surface area contributed by atoms with Gasteiger partial charge < -0.3 is 39.3 Å². The van der Waals surface area contributed by atoms with Crippen LogP contribution in [0.3, 0.4) is 0 Å². The minimum atomic E-state index is -1.80. The lowest BCUT2D eigenvalue weighted by molar-refractivity contribution is -0.217. The van der Waals surface area contributed by atoms with Gasteiger partial charge in [-0.3, -0.25) is 19.4 Å². The number of H-pyrrole nitrogens is 1. The maximum Gasteiger partial charge on any atom is 0.407 e. The fraction of sp³-hybridized carbons (Fsp3) is 0.588. The number of hydrogen-bond donors (Lipinski definition) is 3. The molecule has 9 atom stereocenters. The molecule has 13 heteroatoms. The number of likely N-dealkylation sites (N-methyl/N-ethyl adjacent to an activating group) is 1. The van der Waals surface area contributed by atoms with E-state index in [0.717, 1.165) is 104 Å². The van der Waals surface area contributed by atoms with Crippen molar-refractivity contribution < 1.29 is 38.4 Å². The summed E-state index contributed by atoms with van der Waals surface area (Å²) >= 11 is 0. The third-order valence-electron chi connectivity index (χ3n) is 16.7. The molecule has 1 saturated heterocycles. The number of aromatic nitrogens is 1. The molecule has 3 N–H and O–H groups in total. The lowest BCUT2D eigenvalue weighted by Gasteiger charge is -2.64. The molecule has 6 heterocycles. The quantitative estimate of drug-likeness (QED) is 0.127. The number of amides is 1. The van der Waals surface area contributed by atoms with E-state index < -0.39 is 46.1 Å². The number of methoxy groups -OCH3 is 2. The van der Waals surface area contributed by atoms with Gasteiger partial charge in [-0.2, -0.15) is 0 Å². The van der Waals surface area contributed by atoms with Crippen LogP contribution in [-0.2, 0) is 41.1 Å². The zero-order valence-corrected chi connectivity index (χ0v) is 38.3. The lowest BCUT2D eigenvalue weighted by Crippen LogP contribution is -2.81. The van der Waals surface area contributed by atoms with Gasteiger partial charge in [0.2, 0.25) is 0 Å². The predicted octanol–water partition coefficient (Wildman–Crippen LogP) is 6.29. The second-order valence-corrected chi connectivity index (χ2v) is 19.8. The molecule has 13 nitrogen and oxygen atoms in total. The van der Waals surface area contributed by atoms with Gasteiger partial charge in [0.25, 0.3) is 0 Å². The molecule has 64 heavy (non-hydrogen) atoms. The van der Waals surface area contributed by atoms with Gasteiger partial charge in [-0.15, -0.1) is 0 Å². The van der Waals surface area contributed by atoms with E-state index in [2.05, 4.69) is 87.4 Å². The fourth-order valence-corrected chi connectivity index (χ4v) is 14.4. The molecule has 3 fully saturated rings. The first kappa shape index (κ1) is 43.1. The van der Waals surface area contributed by atoms with Gasteiger partial charge in [0.05, 0.1) is 26.8 Å². The molecule has 1 aromatic heterocycles. The van der Waals surface area contributed by atoms with Crippen molar-refractivity contribution in [1.82, 2.24) is 20.1 Å². The van der Waals surface area contributed by atoms with Gasteiger partial charge >= 0.3 is 18.0 Å². The highest BCUT2D eigenvalue weighted by atomic mass is 16.6. The van der Waals surface area contributed by atoms with Crippen molar-refractivity contribution >= 4 is 34.6 Å². The van der Waals surface area contributed by atoms with Crippen LogP contribution in [0.15, 0.2) is 60.2 Å². The monoisotopic (exact) mass is 875 g/mol. The SMILES string of the molecule is CCC1=C[C@@H]2CN(CCc3c([nH]c4ccccc34)[C@@](C(=O)OC)(c3cc4c(cc3OC)N(C)[C@H]3[C@@](O)(CNC(=O)OC5CCCC5)[C@H](OC(C)=O)[C@]5(CC)C=CCN6CC[C@]43[C@@H]65)C2)C1. The van der Waals surface area contributed by atoms with Crippen LogP contribution in [-0.4, -0.2) is 128 Å². The van der Waals surface area contributed by atoms with Crippen LogP contribution in [0.25, 0.3) is 10.9 Å². The van der Waals surface area contributed by atoms with Gasteiger partial charge in [0, 0.05) is 90.9 Å². The van der Waals surface area contributed by atoms with Crippen molar-refractivity contribution in [1.29, 1.82) is 0 Å². The summed E-state index contributed by atoms with van der Waals surface area (Å²) in [5.74, 6) is -0.287. The highest BCUT2D eigenvalue weighted by Crippen LogP contribution is 2.68. The highest BCUT2D eigenvalue weighted by Gasteiger charge is 2.78. The first-order valence-corrected chi connectivity index (χ1v) is 23.7. The molecule has 1 unspecified atom stereocenters. The van der Waals surface area contributed by atoms with Crippen molar-refractivity contribution in [3.63, 3.8) is 0 Å². The predicted molar refractivity (Wildman–Crippen MR) is 244 cm³/mol. The van der Waals surface area contributed by atoms with E-state index in [-0.39, 0.29) is 30.6 Å². The van der Waals surface area contributed by atoms with E-state index in [0.29, 0.717) is 31.6 Å². The summed E-state index contributed by atoms with van der Waals surface area (Å²) in [7, 11) is 5.14. The summed E-state index contributed by atoms with van der Waals surface area (Å²) < 4.78 is 24.8. The Balaban J connectivity index is 1.22. The molecule has 3 aromatic rings. The zero-order valence-electron chi connectivity index (χ0n) is 38.3. The maximum atomic E-state index is 15.4. The minimum absolute atomic E-state index is 0.0317.